The minimum atomic E-state index is -0.173. The normalized spacial score (nSPS) is 19.6. The molecule has 4 rings (SSSR count). The Kier molecular flexibility index (Phi) is 5.19. The van der Waals surface area contributed by atoms with Gasteiger partial charge in [-0.2, -0.15) is 0 Å². The molecular weight excluding hydrogens is 374 g/mol. The van der Waals surface area contributed by atoms with Crippen molar-refractivity contribution in [3.63, 3.8) is 0 Å². The fourth-order valence-corrected chi connectivity index (χ4v) is 4.40. The lowest BCUT2D eigenvalue weighted by Crippen LogP contribution is -2.45. The van der Waals surface area contributed by atoms with Gasteiger partial charge in [0.05, 0.1) is 24.0 Å². The zero-order chi connectivity index (χ0) is 19.7. The molecule has 1 aliphatic rings. The van der Waals surface area contributed by atoms with Crippen LogP contribution in [0.1, 0.15) is 24.2 Å². The number of para-hydroxylation sites is 1. The maximum atomic E-state index is 12.6. The Labute approximate surface area is 168 Å². The molecule has 7 heteroatoms. The van der Waals surface area contributed by atoms with Crippen molar-refractivity contribution >= 4 is 38.3 Å². The summed E-state index contributed by atoms with van der Waals surface area (Å²) in [5.41, 5.74) is 2.46. The van der Waals surface area contributed by atoms with E-state index >= 15 is 0 Å². The molecule has 28 heavy (non-hydrogen) atoms. The number of anilines is 2. The summed E-state index contributed by atoms with van der Waals surface area (Å²) in [6, 6.07) is 13.4. The number of methoxy groups -OCH3 is 1. The van der Waals surface area contributed by atoms with Crippen molar-refractivity contribution in [2.24, 2.45) is 0 Å². The first-order chi connectivity index (χ1) is 13.5. The molecule has 1 N–H and O–H groups in total. The first kappa shape index (κ1) is 18.7. The minimum Gasteiger partial charge on any atom is -0.494 e. The zero-order valence-electron chi connectivity index (χ0n) is 16.1. The molecule has 6 nitrogen and oxygen atoms in total. The number of nitrogens with zero attached hydrogens (tertiary/aromatic N) is 2. The highest BCUT2D eigenvalue weighted by Gasteiger charge is 2.22. The number of thiazole rings is 1. The summed E-state index contributed by atoms with van der Waals surface area (Å²) in [6.45, 7) is 5.86. The van der Waals surface area contributed by atoms with Crippen molar-refractivity contribution in [2.45, 2.75) is 26.1 Å². The van der Waals surface area contributed by atoms with Crippen LogP contribution in [0.15, 0.2) is 42.5 Å². The maximum Gasteiger partial charge on any atom is 0.257 e. The van der Waals surface area contributed by atoms with Gasteiger partial charge < -0.3 is 14.4 Å². The average Bonchev–Trinajstić information content (AvgIpc) is 3.09. The van der Waals surface area contributed by atoms with E-state index in [0.29, 0.717) is 16.4 Å². The summed E-state index contributed by atoms with van der Waals surface area (Å²) in [7, 11) is 1.61. The highest BCUT2D eigenvalue weighted by molar-refractivity contribution is 7.22. The number of rotatable bonds is 4. The molecule has 3 aromatic rings. The van der Waals surface area contributed by atoms with E-state index < -0.39 is 0 Å². The summed E-state index contributed by atoms with van der Waals surface area (Å²) in [5.74, 6) is 0.529. The summed E-state index contributed by atoms with van der Waals surface area (Å²) in [4.78, 5) is 19.4. The van der Waals surface area contributed by atoms with Crippen LogP contribution < -0.4 is 15.0 Å². The number of fused-ring (bicyclic) bond motifs is 1. The Morgan fingerprint density at radius 1 is 1.18 bits per heavy atom. The van der Waals surface area contributed by atoms with Crippen LogP contribution in [-0.2, 0) is 4.74 Å². The molecule has 2 atom stereocenters. The number of hydrogen-bond donors (Lipinski definition) is 1. The van der Waals surface area contributed by atoms with Gasteiger partial charge in [0.1, 0.15) is 11.3 Å². The van der Waals surface area contributed by atoms with Crippen LogP contribution in [0.4, 0.5) is 10.8 Å². The highest BCUT2D eigenvalue weighted by atomic mass is 32.1. The quantitative estimate of drug-likeness (QED) is 0.716. The molecule has 0 radical (unpaired) electrons. The topological polar surface area (TPSA) is 63.7 Å². The summed E-state index contributed by atoms with van der Waals surface area (Å²) < 4.78 is 12.1. The molecule has 0 aliphatic carbocycles. The van der Waals surface area contributed by atoms with Crippen molar-refractivity contribution in [3.05, 3.63) is 48.0 Å². The lowest BCUT2D eigenvalue weighted by atomic mass is 10.1. The number of morpholine rings is 1. The van der Waals surface area contributed by atoms with Gasteiger partial charge in [-0.05, 0) is 50.2 Å². The Morgan fingerprint density at radius 3 is 2.57 bits per heavy atom. The number of nitrogens with one attached hydrogen (secondary N) is 1. The predicted octanol–water partition coefficient (Wildman–Crippen LogP) is 4.17. The van der Waals surface area contributed by atoms with Crippen LogP contribution in [0.3, 0.4) is 0 Å². The van der Waals surface area contributed by atoms with Gasteiger partial charge in [-0.3, -0.25) is 10.1 Å². The largest absolute Gasteiger partial charge is 0.494 e. The van der Waals surface area contributed by atoms with Crippen LogP contribution >= 0.6 is 11.3 Å². The molecule has 1 fully saturated rings. The third kappa shape index (κ3) is 3.81. The van der Waals surface area contributed by atoms with E-state index in [-0.39, 0.29) is 18.1 Å². The van der Waals surface area contributed by atoms with Crippen molar-refractivity contribution in [3.8, 4) is 5.75 Å². The fraction of sp³-hybridized carbons (Fsp3) is 0.333. The molecule has 1 amide bonds. The van der Waals surface area contributed by atoms with Gasteiger partial charge in [-0.1, -0.05) is 17.4 Å². The monoisotopic (exact) mass is 397 g/mol. The Morgan fingerprint density at radius 2 is 1.89 bits per heavy atom. The second-order valence-corrected chi connectivity index (χ2v) is 8.02. The van der Waals surface area contributed by atoms with E-state index in [4.69, 9.17) is 9.47 Å². The number of benzene rings is 2. The summed E-state index contributed by atoms with van der Waals surface area (Å²) in [5, 5.41) is 3.45. The molecule has 0 bridgehead atoms. The van der Waals surface area contributed by atoms with Crippen molar-refractivity contribution in [2.75, 3.05) is 30.4 Å². The summed E-state index contributed by atoms with van der Waals surface area (Å²) in [6.07, 6.45) is 0.394. The third-order valence-corrected chi connectivity index (χ3v) is 5.67. The second-order valence-electron chi connectivity index (χ2n) is 6.99. The minimum absolute atomic E-state index is 0.173. The standard InChI is InChI=1S/C21H23N3O3S/c1-13-11-24(12-14(2)27-13)16-9-7-15(8-10-16)20(25)23-21-22-19-17(26-3)5-4-6-18(19)28-21/h4-10,13-14H,11-12H2,1-3H3,(H,22,23,25). The molecule has 2 unspecified atom stereocenters. The van der Waals surface area contributed by atoms with Crippen LogP contribution in [0.2, 0.25) is 0 Å². The predicted molar refractivity (Wildman–Crippen MR) is 113 cm³/mol. The smallest absolute Gasteiger partial charge is 0.257 e. The Bertz CT molecular complexity index is 976. The first-order valence-electron chi connectivity index (χ1n) is 9.29. The molecule has 0 saturated carbocycles. The van der Waals surface area contributed by atoms with E-state index in [2.05, 4.69) is 29.0 Å². The molecule has 0 spiro atoms. The van der Waals surface area contributed by atoms with Gasteiger partial charge in [-0.25, -0.2) is 4.98 Å². The number of carbonyl (C=O) groups excluding carboxylic acids is 1. The van der Waals surface area contributed by atoms with E-state index in [1.165, 1.54) is 11.3 Å². The lowest BCUT2D eigenvalue weighted by molar-refractivity contribution is -0.00522. The van der Waals surface area contributed by atoms with Gasteiger partial charge in [0.2, 0.25) is 0 Å². The van der Waals surface area contributed by atoms with Gasteiger partial charge in [0.15, 0.2) is 5.13 Å². The van der Waals surface area contributed by atoms with Gasteiger partial charge in [-0.15, -0.1) is 0 Å². The van der Waals surface area contributed by atoms with Gasteiger partial charge >= 0.3 is 0 Å². The zero-order valence-corrected chi connectivity index (χ0v) is 17.0. The van der Waals surface area contributed by atoms with Crippen molar-refractivity contribution in [1.82, 2.24) is 4.98 Å². The van der Waals surface area contributed by atoms with Crippen LogP contribution in [0.5, 0.6) is 5.75 Å². The number of ether oxygens (including phenoxy) is 2. The van der Waals surface area contributed by atoms with Crippen molar-refractivity contribution in [1.29, 1.82) is 0 Å². The molecule has 146 valence electrons. The second kappa shape index (κ2) is 7.77. The number of amides is 1. The van der Waals surface area contributed by atoms with E-state index in [0.717, 1.165) is 29.0 Å². The molecular formula is C21H23N3O3S. The molecule has 1 saturated heterocycles. The highest BCUT2D eigenvalue weighted by Crippen LogP contribution is 2.32. The average molecular weight is 398 g/mol. The molecule has 2 heterocycles. The molecule has 1 aliphatic heterocycles. The third-order valence-electron chi connectivity index (χ3n) is 4.74. The lowest BCUT2D eigenvalue weighted by Gasteiger charge is -2.36. The van der Waals surface area contributed by atoms with Gasteiger partial charge in [0.25, 0.3) is 5.91 Å². The maximum absolute atomic E-state index is 12.6. The van der Waals surface area contributed by atoms with E-state index in [1.807, 2.05) is 42.5 Å². The number of carbonyl (C=O) groups is 1. The number of aromatic nitrogens is 1. The van der Waals surface area contributed by atoms with Gasteiger partial charge in [0, 0.05) is 24.3 Å². The fourth-order valence-electron chi connectivity index (χ4n) is 3.52. The van der Waals surface area contributed by atoms with Crippen LogP contribution in [0, 0.1) is 0 Å². The Balaban J connectivity index is 1.48. The van der Waals surface area contributed by atoms with E-state index in [9.17, 15) is 4.79 Å². The first-order valence-corrected chi connectivity index (χ1v) is 10.1. The SMILES string of the molecule is COc1cccc2sc(NC(=O)c3ccc(N4CC(C)OC(C)C4)cc3)nc12. The Hall–Kier alpha value is -2.64. The van der Waals surface area contributed by atoms with E-state index in [1.54, 1.807) is 7.11 Å². The molecule has 1 aromatic heterocycles. The van der Waals surface area contributed by atoms with Crippen molar-refractivity contribution < 1.29 is 14.3 Å². The molecule has 2 aromatic carbocycles. The van der Waals surface area contributed by atoms with Crippen LogP contribution in [-0.4, -0.2) is 43.3 Å². The summed E-state index contributed by atoms with van der Waals surface area (Å²) >= 11 is 1.43. The van der Waals surface area contributed by atoms with Crippen LogP contribution in [0.25, 0.3) is 10.2 Å². The number of hydrogen-bond acceptors (Lipinski definition) is 6.